The molecule has 0 aromatic heterocycles. The van der Waals surface area contributed by atoms with Crippen LogP contribution in [0.25, 0.3) is 0 Å². The molecule has 2 heteroatoms. The number of hydrogen-bond donors (Lipinski definition) is 2. The van der Waals surface area contributed by atoms with Gasteiger partial charge in [-0.3, -0.25) is 0 Å². The minimum Gasteiger partial charge on any atom is -0.507 e. The van der Waals surface area contributed by atoms with Crippen molar-refractivity contribution in [3.05, 3.63) is 57.6 Å². The third-order valence-corrected chi connectivity index (χ3v) is 4.95. The first kappa shape index (κ1) is 20.4. The van der Waals surface area contributed by atoms with Gasteiger partial charge in [0.15, 0.2) is 0 Å². The normalized spacial score (nSPS) is 12.5. The van der Waals surface area contributed by atoms with E-state index in [4.69, 9.17) is 0 Å². The lowest BCUT2D eigenvalue weighted by Crippen LogP contribution is -2.13. The van der Waals surface area contributed by atoms with Gasteiger partial charge in [-0.25, -0.2) is 0 Å². The van der Waals surface area contributed by atoms with Gasteiger partial charge < -0.3 is 10.2 Å². The molecule has 0 amide bonds. The first-order chi connectivity index (χ1) is 11.8. The predicted molar refractivity (Wildman–Crippen MR) is 110 cm³/mol. The highest BCUT2D eigenvalue weighted by atomic mass is 16.3. The van der Waals surface area contributed by atoms with Gasteiger partial charge in [-0.05, 0) is 59.8 Å². The average Bonchev–Trinajstić information content (AvgIpc) is 2.48. The topological polar surface area (TPSA) is 40.5 Å². The van der Waals surface area contributed by atoms with Crippen LogP contribution in [0.4, 0.5) is 0 Å². The van der Waals surface area contributed by atoms with Crippen molar-refractivity contribution in [2.75, 3.05) is 0 Å². The number of benzene rings is 2. The molecule has 26 heavy (non-hydrogen) atoms. The zero-order valence-corrected chi connectivity index (χ0v) is 17.6. The molecule has 0 heterocycles. The van der Waals surface area contributed by atoms with Crippen molar-refractivity contribution in [3.8, 4) is 11.5 Å². The first-order valence-corrected chi connectivity index (χ1v) is 9.46. The second-order valence-corrected chi connectivity index (χ2v) is 9.64. The highest BCUT2D eigenvalue weighted by Gasteiger charge is 2.23. The Morgan fingerprint density at radius 1 is 0.615 bits per heavy atom. The largest absolute Gasteiger partial charge is 0.507 e. The molecule has 0 saturated carbocycles. The summed E-state index contributed by atoms with van der Waals surface area (Å²) in [6.07, 6.45) is 1.41. The van der Waals surface area contributed by atoms with Crippen molar-refractivity contribution >= 4 is 0 Å². The van der Waals surface area contributed by atoms with Gasteiger partial charge in [-0.15, -0.1) is 0 Å². The van der Waals surface area contributed by atoms with E-state index in [2.05, 4.69) is 79.7 Å². The summed E-state index contributed by atoms with van der Waals surface area (Å²) in [6.45, 7) is 16.8. The quantitative estimate of drug-likeness (QED) is 0.699. The molecular formula is C24H34O2. The smallest absolute Gasteiger partial charge is 0.122 e. The molecule has 2 rings (SSSR count). The second kappa shape index (κ2) is 6.98. The molecule has 0 fully saturated rings. The van der Waals surface area contributed by atoms with Crippen molar-refractivity contribution in [1.29, 1.82) is 0 Å². The van der Waals surface area contributed by atoms with Gasteiger partial charge >= 0.3 is 0 Å². The van der Waals surface area contributed by atoms with E-state index in [9.17, 15) is 10.2 Å². The number of hydrogen-bond acceptors (Lipinski definition) is 2. The SMILES string of the molecule is Cc1cc(CCc2cc(C)cc(C(C)(C)C)c2O)c(O)c(C(C)(C)C)c1. The fourth-order valence-electron chi connectivity index (χ4n) is 3.50. The van der Waals surface area contributed by atoms with Crippen molar-refractivity contribution in [2.24, 2.45) is 0 Å². The highest BCUT2D eigenvalue weighted by molar-refractivity contribution is 5.49. The van der Waals surface area contributed by atoms with E-state index < -0.39 is 0 Å². The maximum absolute atomic E-state index is 10.8. The van der Waals surface area contributed by atoms with Gasteiger partial charge in [0.05, 0.1) is 0 Å². The summed E-state index contributed by atoms with van der Waals surface area (Å²) in [7, 11) is 0. The summed E-state index contributed by atoms with van der Waals surface area (Å²) in [4.78, 5) is 0. The van der Waals surface area contributed by atoms with Crippen LogP contribution in [-0.2, 0) is 23.7 Å². The van der Waals surface area contributed by atoms with E-state index in [1.807, 2.05) is 0 Å². The molecule has 0 aliphatic heterocycles. The van der Waals surface area contributed by atoms with Crippen LogP contribution >= 0.6 is 0 Å². The van der Waals surface area contributed by atoms with E-state index in [1.54, 1.807) is 0 Å². The number of phenols is 2. The first-order valence-electron chi connectivity index (χ1n) is 9.46. The molecule has 0 radical (unpaired) electrons. The Kier molecular flexibility index (Phi) is 5.46. The van der Waals surface area contributed by atoms with E-state index >= 15 is 0 Å². The van der Waals surface area contributed by atoms with Gasteiger partial charge in [-0.1, -0.05) is 76.9 Å². The van der Waals surface area contributed by atoms with Crippen LogP contribution in [0.15, 0.2) is 24.3 Å². The monoisotopic (exact) mass is 354 g/mol. The van der Waals surface area contributed by atoms with Gasteiger partial charge in [-0.2, -0.15) is 0 Å². The lowest BCUT2D eigenvalue weighted by Gasteiger charge is -2.24. The van der Waals surface area contributed by atoms with Crippen LogP contribution in [0.3, 0.4) is 0 Å². The lowest BCUT2D eigenvalue weighted by atomic mass is 9.82. The molecular weight excluding hydrogens is 320 g/mol. The minimum atomic E-state index is -0.101. The van der Waals surface area contributed by atoms with Crippen molar-refractivity contribution < 1.29 is 10.2 Å². The fraction of sp³-hybridized carbons (Fsp3) is 0.500. The van der Waals surface area contributed by atoms with Gasteiger partial charge in [0, 0.05) is 0 Å². The molecule has 2 N–H and O–H groups in total. The summed E-state index contributed by atoms with van der Waals surface area (Å²) >= 11 is 0. The summed E-state index contributed by atoms with van der Waals surface area (Å²) in [5.74, 6) is 0.789. The molecule has 142 valence electrons. The standard InChI is InChI=1S/C24H34O2/c1-15-11-17(21(25)19(13-15)23(3,4)5)9-10-18-12-16(2)14-20(22(18)26)24(6,7)8/h11-14,25-26H,9-10H2,1-8H3. The van der Waals surface area contributed by atoms with Crippen molar-refractivity contribution in [2.45, 2.75) is 79.1 Å². The van der Waals surface area contributed by atoms with E-state index in [0.29, 0.717) is 24.3 Å². The van der Waals surface area contributed by atoms with E-state index in [1.165, 1.54) is 0 Å². The number of phenolic OH excluding ortho intramolecular Hbond substituents is 2. The molecule has 0 bridgehead atoms. The van der Waals surface area contributed by atoms with Crippen LogP contribution in [0.1, 0.15) is 74.9 Å². The summed E-state index contributed by atoms with van der Waals surface area (Å²) in [6, 6.07) is 8.26. The van der Waals surface area contributed by atoms with Gasteiger partial charge in [0.2, 0.25) is 0 Å². The Balaban J connectivity index is 2.39. The molecule has 0 spiro atoms. The predicted octanol–water partition coefficient (Wildman–Crippen LogP) is 6.09. The maximum atomic E-state index is 10.8. The summed E-state index contributed by atoms with van der Waals surface area (Å²) < 4.78 is 0. The third-order valence-electron chi connectivity index (χ3n) is 4.95. The molecule has 0 saturated heterocycles. The molecule has 2 nitrogen and oxygen atoms in total. The average molecular weight is 355 g/mol. The van der Waals surface area contributed by atoms with Gasteiger partial charge in [0.25, 0.3) is 0 Å². The van der Waals surface area contributed by atoms with Crippen LogP contribution in [0.5, 0.6) is 11.5 Å². The van der Waals surface area contributed by atoms with Crippen LogP contribution in [0.2, 0.25) is 0 Å². The molecule has 2 aromatic carbocycles. The van der Waals surface area contributed by atoms with Crippen LogP contribution < -0.4 is 0 Å². The highest BCUT2D eigenvalue weighted by Crippen LogP contribution is 2.37. The van der Waals surface area contributed by atoms with Crippen LogP contribution in [0, 0.1) is 13.8 Å². The van der Waals surface area contributed by atoms with Crippen LogP contribution in [-0.4, -0.2) is 10.2 Å². The number of rotatable bonds is 3. The molecule has 2 aromatic rings. The Hall–Kier alpha value is -1.96. The fourth-order valence-corrected chi connectivity index (χ4v) is 3.50. The summed E-state index contributed by atoms with van der Waals surface area (Å²) in [5.41, 5.74) is 5.98. The van der Waals surface area contributed by atoms with Crippen molar-refractivity contribution in [3.63, 3.8) is 0 Å². The van der Waals surface area contributed by atoms with Gasteiger partial charge in [0.1, 0.15) is 11.5 Å². The summed E-state index contributed by atoms with van der Waals surface area (Å²) in [5, 5.41) is 21.5. The third kappa shape index (κ3) is 4.41. The van der Waals surface area contributed by atoms with E-state index in [-0.39, 0.29) is 10.8 Å². The molecule has 0 aliphatic rings. The maximum Gasteiger partial charge on any atom is 0.122 e. The minimum absolute atomic E-state index is 0.101. The zero-order chi connectivity index (χ0) is 19.9. The molecule has 0 unspecified atom stereocenters. The number of aryl methyl sites for hydroxylation is 4. The number of aromatic hydroxyl groups is 2. The Morgan fingerprint density at radius 3 is 1.19 bits per heavy atom. The zero-order valence-electron chi connectivity index (χ0n) is 17.6. The lowest BCUT2D eigenvalue weighted by molar-refractivity contribution is 0.434. The Labute approximate surface area is 158 Å². The van der Waals surface area contributed by atoms with E-state index in [0.717, 1.165) is 33.4 Å². The Morgan fingerprint density at radius 2 is 0.923 bits per heavy atom. The molecule has 0 atom stereocenters. The second-order valence-electron chi connectivity index (χ2n) is 9.64. The van der Waals surface area contributed by atoms with Crippen molar-refractivity contribution in [1.82, 2.24) is 0 Å². The Bertz CT molecular complexity index is 733. The molecule has 0 aliphatic carbocycles.